The third-order valence-electron chi connectivity index (χ3n) is 5.33. The summed E-state index contributed by atoms with van der Waals surface area (Å²) in [7, 11) is 1.70. The average molecular weight is 247 g/mol. The number of aryl methyl sites for hydroxylation is 1. The van der Waals surface area contributed by atoms with Gasteiger partial charge in [0.15, 0.2) is 0 Å². The van der Waals surface area contributed by atoms with E-state index in [9.17, 15) is 0 Å². The number of nitrogens with two attached hydrogens (primary N) is 1. The van der Waals surface area contributed by atoms with E-state index in [1.807, 2.05) is 6.07 Å². The van der Waals surface area contributed by atoms with Gasteiger partial charge < -0.3 is 10.5 Å². The summed E-state index contributed by atoms with van der Waals surface area (Å²) < 4.78 is 5.25. The molecule has 0 bridgehead atoms. The van der Waals surface area contributed by atoms with E-state index in [1.54, 1.807) is 7.11 Å². The summed E-state index contributed by atoms with van der Waals surface area (Å²) >= 11 is 0. The molecule has 0 heterocycles. The number of ether oxygens (including phenoxy) is 1. The SMILES string of the molecule is COc1ccc(C(N)C2C(C)(C)C2(C)C)c(C)c1. The molecule has 0 aliphatic heterocycles. The van der Waals surface area contributed by atoms with Crippen molar-refractivity contribution in [1.29, 1.82) is 0 Å². The van der Waals surface area contributed by atoms with Gasteiger partial charge in [-0.05, 0) is 46.9 Å². The maximum absolute atomic E-state index is 6.50. The van der Waals surface area contributed by atoms with Gasteiger partial charge in [-0.25, -0.2) is 0 Å². The molecule has 1 aliphatic carbocycles. The van der Waals surface area contributed by atoms with Gasteiger partial charge >= 0.3 is 0 Å². The molecule has 2 heteroatoms. The lowest BCUT2D eigenvalue weighted by atomic mass is 9.94. The summed E-state index contributed by atoms with van der Waals surface area (Å²) in [6.45, 7) is 11.4. The molecule has 0 saturated heterocycles. The smallest absolute Gasteiger partial charge is 0.119 e. The Morgan fingerprint density at radius 3 is 2.11 bits per heavy atom. The largest absolute Gasteiger partial charge is 0.497 e. The van der Waals surface area contributed by atoms with Crippen LogP contribution in [0.5, 0.6) is 5.75 Å². The Hall–Kier alpha value is -1.02. The fourth-order valence-electron chi connectivity index (χ4n) is 3.47. The third kappa shape index (κ3) is 1.74. The normalized spacial score (nSPS) is 22.6. The van der Waals surface area contributed by atoms with E-state index in [0.29, 0.717) is 16.7 Å². The van der Waals surface area contributed by atoms with Crippen molar-refractivity contribution in [3.05, 3.63) is 29.3 Å². The Morgan fingerprint density at radius 2 is 1.72 bits per heavy atom. The van der Waals surface area contributed by atoms with Crippen LogP contribution in [0.1, 0.15) is 44.9 Å². The minimum absolute atomic E-state index is 0.112. The first-order valence-electron chi connectivity index (χ1n) is 6.63. The van der Waals surface area contributed by atoms with Crippen molar-refractivity contribution in [1.82, 2.24) is 0 Å². The number of hydrogen-bond donors (Lipinski definition) is 1. The second-order valence-corrected chi connectivity index (χ2v) is 6.67. The summed E-state index contributed by atoms with van der Waals surface area (Å²) in [5.74, 6) is 1.44. The van der Waals surface area contributed by atoms with Gasteiger partial charge in [0.1, 0.15) is 5.75 Å². The van der Waals surface area contributed by atoms with Crippen LogP contribution in [-0.2, 0) is 0 Å². The van der Waals surface area contributed by atoms with Gasteiger partial charge in [-0.1, -0.05) is 33.8 Å². The summed E-state index contributed by atoms with van der Waals surface area (Å²) in [4.78, 5) is 0. The van der Waals surface area contributed by atoms with E-state index >= 15 is 0 Å². The van der Waals surface area contributed by atoms with Crippen molar-refractivity contribution < 1.29 is 4.74 Å². The predicted octanol–water partition coefficient (Wildman–Crippen LogP) is 3.69. The fraction of sp³-hybridized carbons (Fsp3) is 0.625. The zero-order valence-electron chi connectivity index (χ0n) is 12.4. The number of benzene rings is 1. The van der Waals surface area contributed by atoms with Gasteiger partial charge in [-0.3, -0.25) is 0 Å². The van der Waals surface area contributed by atoms with Crippen LogP contribution in [0, 0.1) is 23.7 Å². The summed E-state index contributed by atoms with van der Waals surface area (Å²) in [6.07, 6.45) is 0. The molecule has 1 aliphatic rings. The highest BCUT2D eigenvalue weighted by molar-refractivity contribution is 5.38. The zero-order chi connectivity index (χ0) is 13.7. The van der Waals surface area contributed by atoms with Crippen molar-refractivity contribution in [3.8, 4) is 5.75 Å². The van der Waals surface area contributed by atoms with Crippen molar-refractivity contribution in [2.24, 2.45) is 22.5 Å². The summed E-state index contributed by atoms with van der Waals surface area (Å²) in [5, 5.41) is 0. The molecule has 0 radical (unpaired) electrons. The highest BCUT2D eigenvalue weighted by Gasteiger charge is 2.66. The van der Waals surface area contributed by atoms with E-state index in [0.717, 1.165) is 5.75 Å². The number of methoxy groups -OCH3 is 1. The molecule has 1 unspecified atom stereocenters. The lowest BCUT2D eigenvalue weighted by molar-refractivity contribution is 0.413. The van der Waals surface area contributed by atoms with Crippen molar-refractivity contribution in [2.45, 2.75) is 40.7 Å². The van der Waals surface area contributed by atoms with E-state index in [4.69, 9.17) is 10.5 Å². The van der Waals surface area contributed by atoms with Crippen LogP contribution in [0.3, 0.4) is 0 Å². The third-order valence-corrected chi connectivity index (χ3v) is 5.33. The molecule has 18 heavy (non-hydrogen) atoms. The molecule has 0 spiro atoms. The van der Waals surface area contributed by atoms with E-state index < -0.39 is 0 Å². The number of hydrogen-bond acceptors (Lipinski definition) is 2. The standard InChI is InChI=1S/C16H25NO/c1-10-9-11(18-6)7-8-12(10)13(17)14-15(2,3)16(14,4)5/h7-9,13-14H,17H2,1-6H3. The Labute approximate surface area is 111 Å². The second kappa shape index (κ2) is 3.99. The van der Waals surface area contributed by atoms with E-state index in [1.165, 1.54) is 11.1 Å². The molecular formula is C16H25NO. The van der Waals surface area contributed by atoms with Crippen LogP contribution in [-0.4, -0.2) is 7.11 Å². The van der Waals surface area contributed by atoms with Gasteiger partial charge in [0, 0.05) is 6.04 Å². The van der Waals surface area contributed by atoms with Crippen LogP contribution in [0.4, 0.5) is 0 Å². The maximum Gasteiger partial charge on any atom is 0.119 e. The number of rotatable bonds is 3. The predicted molar refractivity (Wildman–Crippen MR) is 75.7 cm³/mol. The summed E-state index contributed by atoms with van der Waals surface area (Å²) in [5.41, 5.74) is 9.61. The Balaban J connectivity index is 2.29. The Morgan fingerprint density at radius 1 is 1.17 bits per heavy atom. The fourth-order valence-corrected chi connectivity index (χ4v) is 3.47. The van der Waals surface area contributed by atoms with E-state index in [2.05, 4.69) is 46.8 Å². The van der Waals surface area contributed by atoms with Gasteiger partial charge in [0.25, 0.3) is 0 Å². The molecule has 0 aromatic heterocycles. The quantitative estimate of drug-likeness (QED) is 0.884. The molecule has 1 aromatic carbocycles. The molecule has 2 nitrogen and oxygen atoms in total. The molecular weight excluding hydrogens is 222 g/mol. The zero-order valence-corrected chi connectivity index (χ0v) is 12.4. The van der Waals surface area contributed by atoms with Gasteiger partial charge in [0.05, 0.1) is 7.11 Å². The average Bonchev–Trinajstić information content (AvgIpc) is 2.68. The monoisotopic (exact) mass is 247 g/mol. The van der Waals surface area contributed by atoms with Crippen molar-refractivity contribution in [3.63, 3.8) is 0 Å². The van der Waals surface area contributed by atoms with Gasteiger partial charge in [-0.15, -0.1) is 0 Å². The minimum atomic E-state index is 0.112. The second-order valence-electron chi connectivity index (χ2n) is 6.67. The van der Waals surface area contributed by atoms with Crippen molar-refractivity contribution in [2.75, 3.05) is 7.11 Å². The molecule has 1 atom stereocenters. The molecule has 100 valence electrons. The van der Waals surface area contributed by atoms with Gasteiger partial charge in [-0.2, -0.15) is 0 Å². The molecule has 1 fully saturated rings. The minimum Gasteiger partial charge on any atom is -0.497 e. The first-order valence-corrected chi connectivity index (χ1v) is 6.63. The molecule has 1 saturated carbocycles. The Kier molecular flexibility index (Phi) is 2.97. The summed E-state index contributed by atoms with van der Waals surface area (Å²) in [6, 6.07) is 6.30. The Bertz CT molecular complexity index is 448. The first-order chi connectivity index (χ1) is 8.23. The van der Waals surface area contributed by atoms with Crippen LogP contribution >= 0.6 is 0 Å². The maximum atomic E-state index is 6.50. The first kappa shape index (κ1) is 13.4. The molecule has 0 amide bonds. The van der Waals surface area contributed by atoms with Gasteiger partial charge in [0.2, 0.25) is 0 Å². The highest BCUT2D eigenvalue weighted by Crippen LogP contribution is 2.71. The van der Waals surface area contributed by atoms with Crippen LogP contribution in [0.2, 0.25) is 0 Å². The van der Waals surface area contributed by atoms with Crippen LogP contribution < -0.4 is 10.5 Å². The molecule has 2 N–H and O–H groups in total. The van der Waals surface area contributed by atoms with Crippen LogP contribution in [0.15, 0.2) is 18.2 Å². The lowest BCUT2D eigenvalue weighted by Gasteiger charge is -2.17. The lowest BCUT2D eigenvalue weighted by Crippen LogP contribution is -2.17. The molecule has 1 aromatic rings. The van der Waals surface area contributed by atoms with E-state index in [-0.39, 0.29) is 6.04 Å². The highest BCUT2D eigenvalue weighted by atomic mass is 16.5. The molecule has 2 rings (SSSR count). The topological polar surface area (TPSA) is 35.2 Å². The van der Waals surface area contributed by atoms with Crippen LogP contribution in [0.25, 0.3) is 0 Å². The van der Waals surface area contributed by atoms with Crippen molar-refractivity contribution >= 4 is 0 Å².